The molecule has 2 aromatic rings. The second kappa shape index (κ2) is 8.82. The molecule has 0 spiro atoms. The summed E-state index contributed by atoms with van der Waals surface area (Å²) in [6.45, 7) is 7.24. The summed E-state index contributed by atoms with van der Waals surface area (Å²) in [7, 11) is 1.52. The molecule has 0 atom stereocenters. The number of amides is 1. The fraction of sp³-hybridized carbons (Fsp3) is 0.455. The standard InChI is InChI=1S/C22H30BrN5O3/c1-13(24)8-18(19(25)27(5)21(29)31-22(2,3)4)30-12-16-11-28-10-15(14-6-7-14)9-17(23)20(28)26-16/h8-11,14H,6-7,12,24-25H2,1-5H3/b13-8-,19-18-. The molecule has 9 heteroatoms. The van der Waals surface area contributed by atoms with E-state index in [1.807, 2.05) is 10.6 Å². The first-order valence-electron chi connectivity index (χ1n) is 10.1. The number of carbonyl (C=O) groups excluding carboxylic acids is 1. The summed E-state index contributed by atoms with van der Waals surface area (Å²) in [5.41, 5.74) is 14.7. The van der Waals surface area contributed by atoms with Gasteiger partial charge < -0.3 is 25.3 Å². The van der Waals surface area contributed by atoms with Crippen LogP contribution in [0.3, 0.4) is 0 Å². The van der Waals surface area contributed by atoms with Gasteiger partial charge in [-0.3, -0.25) is 4.90 Å². The van der Waals surface area contributed by atoms with E-state index >= 15 is 0 Å². The van der Waals surface area contributed by atoms with Gasteiger partial charge in [0.1, 0.15) is 12.2 Å². The van der Waals surface area contributed by atoms with E-state index in [1.165, 1.54) is 30.4 Å². The Hall–Kier alpha value is -2.68. The molecule has 31 heavy (non-hydrogen) atoms. The Labute approximate surface area is 191 Å². The van der Waals surface area contributed by atoms with Crippen molar-refractivity contribution in [1.82, 2.24) is 14.3 Å². The van der Waals surface area contributed by atoms with E-state index in [0.29, 0.717) is 11.6 Å². The predicted octanol–water partition coefficient (Wildman–Crippen LogP) is 4.35. The van der Waals surface area contributed by atoms with Gasteiger partial charge in [-0.25, -0.2) is 9.78 Å². The lowest BCUT2D eigenvalue weighted by Gasteiger charge is -2.25. The van der Waals surface area contributed by atoms with Crippen LogP contribution in [0.25, 0.3) is 5.65 Å². The van der Waals surface area contributed by atoms with Crippen molar-refractivity contribution in [3.05, 3.63) is 57.5 Å². The first-order chi connectivity index (χ1) is 14.4. The molecule has 168 valence electrons. The number of nitrogens with zero attached hydrogens (tertiary/aromatic N) is 3. The first kappa shape index (κ1) is 23.0. The fourth-order valence-corrected chi connectivity index (χ4v) is 3.54. The predicted molar refractivity (Wildman–Crippen MR) is 123 cm³/mol. The summed E-state index contributed by atoms with van der Waals surface area (Å²) in [6, 6.07) is 2.13. The lowest BCUT2D eigenvalue weighted by atomic mass is 10.2. The van der Waals surface area contributed by atoms with Crippen LogP contribution in [0.15, 0.2) is 46.3 Å². The van der Waals surface area contributed by atoms with E-state index in [0.717, 1.165) is 15.8 Å². The van der Waals surface area contributed by atoms with Gasteiger partial charge in [0.15, 0.2) is 17.2 Å². The van der Waals surface area contributed by atoms with Gasteiger partial charge in [0, 0.05) is 31.2 Å². The summed E-state index contributed by atoms with van der Waals surface area (Å²) < 4.78 is 14.2. The third-order valence-corrected chi connectivity index (χ3v) is 5.23. The van der Waals surface area contributed by atoms with E-state index in [9.17, 15) is 4.79 Å². The minimum atomic E-state index is -0.643. The van der Waals surface area contributed by atoms with Gasteiger partial charge in [0.2, 0.25) is 0 Å². The highest BCUT2D eigenvalue weighted by atomic mass is 79.9. The molecule has 0 aliphatic heterocycles. The van der Waals surface area contributed by atoms with Crippen LogP contribution in [-0.2, 0) is 16.1 Å². The van der Waals surface area contributed by atoms with Gasteiger partial charge in [-0.1, -0.05) is 0 Å². The molecule has 0 radical (unpaired) electrons. The lowest BCUT2D eigenvalue weighted by molar-refractivity contribution is 0.0339. The Kier molecular flexibility index (Phi) is 6.54. The number of allylic oxidation sites excluding steroid dienone is 2. The molecule has 0 saturated heterocycles. The average Bonchev–Trinajstić information content (AvgIpc) is 3.42. The van der Waals surface area contributed by atoms with Crippen molar-refractivity contribution in [2.45, 2.75) is 58.7 Å². The van der Waals surface area contributed by atoms with Crippen molar-refractivity contribution >= 4 is 27.7 Å². The van der Waals surface area contributed by atoms with Crippen LogP contribution in [0.5, 0.6) is 0 Å². The van der Waals surface area contributed by atoms with Crippen molar-refractivity contribution in [3.8, 4) is 0 Å². The number of rotatable bonds is 6. The summed E-state index contributed by atoms with van der Waals surface area (Å²) in [6.07, 6.45) is 7.49. The smallest absolute Gasteiger partial charge is 0.415 e. The van der Waals surface area contributed by atoms with E-state index in [2.05, 4.69) is 33.2 Å². The van der Waals surface area contributed by atoms with Gasteiger partial charge in [-0.2, -0.15) is 0 Å². The molecular weight excluding hydrogens is 462 g/mol. The highest BCUT2D eigenvalue weighted by Crippen LogP contribution is 2.41. The molecule has 1 fully saturated rings. The van der Waals surface area contributed by atoms with Crippen molar-refractivity contribution in [1.29, 1.82) is 0 Å². The van der Waals surface area contributed by atoms with Crippen LogP contribution >= 0.6 is 15.9 Å². The zero-order chi connectivity index (χ0) is 22.9. The zero-order valence-electron chi connectivity index (χ0n) is 18.6. The summed E-state index contributed by atoms with van der Waals surface area (Å²) in [4.78, 5) is 18.2. The molecule has 8 nitrogen and oxygen atoms in total. The van der Waals surface area contributed by atoms with E-state index < -0.39 is 11.7 Å². The van der Waals surface area contributed by atoms with Crippen molar-refractivity contribution in [2.24, 2.45) is 11.5 Å². The van der Waals surface area contributed by atoms with Gasteiger partial charge in [-0.15, -0.1) is 0 Å². The second-order valence-corrected chi connectivity index (χ2v) is 9.68. The van der Waals surface area contributed by atoms with Crippen LogP contribution in [0.1, 0.15) is 57.7 Å². The van der Waals surface area contributed by atoms with Crippen molar-refractivity contribution in [2.75, 3.05) is 7.05 Å². The van der Waals surface area contributed by atoms with Crippen LogP contribution in [0, 0.1) is 0 Å². The summed E-state index contributed by atoms with van der Waals surface area (Å²) in [5.74, 6) is 1.00. The third-order valence-electron chi connectivity index (χ3n) is 4.64. The highest BCUT2D eigenvalue weighted by molar-refractivity contribution is 9.10. The quantitative estimate of drug-likeness (QED) is 0.459. The van der Waals surface area contributed by atoms with Gasteiger partial charge in [-0.05, 0) is 74.0 Å². The number of aromatic nitrogens is 2. The maximum Gasteiger partial charge on any atom is 0.415 e. The number of ether oxygens (including phenoxy) is 2. The average molecular weight is 492 g/mol. The van der Waals surface area contributed by atoms with Gasteiger partial charge >= 0.3 is 6.09 Å². The number of fused-ring (bicyclic) bond motifs is 1. The Morgan fingerprint density at radius 2 is 2.03 bits per heavy atom. The largest absolute Gasteiger partial charge is 0.483 e. The third kappa shape index (κ3) is 5.94. The highest BCUT2D eigenvalue weighted by Gasteiger charge is 2.25. The molecular formula is C22H30BrN5O3. The van der Waals surface area contributed by atoms with E-state index in [4.69, 9.17) is 20.9 Å². The van der Waals surface area contributed by atoms with Crippen molar-refractivity contribution < 1.29 is 14.3 Å². The molecule has 1 aliphatic rings. The van der Waals surface area contributed by atoms with E-state index in [1.54, 1.807) is 33.8 Å². The van der Waals surface area contributed by atoms with Gasteiger partial charge in [0.25, 0.3) is 0 Å². The minimum Gasteiger partial charge on any atom is -0.483 e. The summed E-state index contributed by atoms with van der Waals surface area (Å²) >= 11 is 3.61. The Morgan fingerprint density at radius 3 is 2.61 bits per heavy atom. The minimum absolute atomic E-state index is 0.0972. The molecule has 3 rings (SSSR count). The van der Waals surface area contributed by atoms with Crippen molar-refractivity contribution in [3.63, 3.8) is 0 Å². The molecule has 1 aliphatic carbocycles. The van der Waals surface area contributed by atoms with Crippen LogP contribution in [-0.4, -0.2) is 33.0 Å². The molecule has 1 saturated carbocycles. The molecule has 1 amide bonds. The first-order valence-corrected chi connectivity index (χ1v) is 10.9. The van der Waals surface area contributed by atoms with Crippen LogP contribution in [0.4, 0.5) is 4.79 Å². The maximum absolute atomic E-state index is 12.4. The summed E-state index contributed by atoms with van der Waals surface area (Å²) in [5, 5.41) is 0. The molecule has 0 bridgehead atoms. The zero-order valence-corrected chi connectivity index (χ0v) is 20.2. The number of hydrogen-bond donors (Lipinski definition) is 2. The SMILES string of the molecule is C/C(N)=C/C(OCc1cn2cc(C3CC3)cc(Br)c2n1)=C(\N)N(C)C(=O)OC(C)(C)C. The monoisotopic (exact) mass is 491 g/mol. The molecule has 4 N–H and O–H groups in total. The Balaban J connectivity index is 1.81. The fourth-order valence-electron chi connectivity index (χ4n) is 2.98. The number of hydrogen-bond acceptors (Lipinski definition) is 6. The normalized spacial score (nSPS) is 15.6. The van der Waals surface area contributed by atoms with Crippen LogP contribution < -0.4 is 11.5 Å². The lowest BCUT2D eigenvalue weighted by Crippen LogP contribution is -2.37. The molecule has 2 aromatic heterocycles. The maximum atomic E-state index is 12.4. The Bertz CT molecular complexity index is 1040. The number of pyridine rings is 1. The van der Waals surface area contributed by atoms with Gasteiger partial charge in [0.05, 0.1) is 10.2 Å². The molecule has 0 aromatic carbocycles. The number of carbonyl (C=O) groups is 1. The number of halogens is 1. The molecule has 2 heterocycles. The second-order valence-electron chi connectivity index (χ2n) is 8.82. The topological polar surface area (TPSA) is 108 Å². The Morgan fingerprint density at radius 1 is 1.35 bits per heavy atom. The molecule has 0 unspecified atom stereocenters. The number of imidazole rings is 1. The number of nitrogens with two attached hydrogens (primary N) is 2. The van der Waals surface area contributed by atoms with E-state index in [-0.39, 0.29) is 18.2 Å². The van der Waals surface area contributed by atoms with Crippen LogP contribution in [0.2, 0.25) is 0 Å².